The number of aromatic amines is 1. The Morgan fingerprint density at radius 1 is 1.12 bits per heavy atom. The van der Waals surface area contributed by atoms with Gasteiger partial charge in [0.15, 0.2) is 0 Å². The van der Waals surface area contributed by atoms with Crippen LogP contribution >= 0.6 is 0 Å². The van der Waals surface area contributed by atoms with Gasteiger partial charge in [-0.1, -0.05) is 18.2 Å². The zero-order valence-corrected chi connectivity index (χ0v) is 13.1. The summed E-state index contributed by atoms with van der Waals surface area (Å²) >= 11 is 0. The van der Waals surface area contributed by atoms with Crippen molar-refractivity contribution in [1.29, 1.82) is 0 Å². The van der Waals surface area contributed by atoms with Gasteiger partial charge >= 0.3 is 11.4 Å². The topological polar surface area (TPSA) is 126 Å². The smallest absolute Gasteiger partial charge is 0.301 e. The Bertz CT molecular complexity index is 974. The van der Waals surface area contributed by atoms with Crippen molar-refractivity contribution in [2.75, 3.05) is 5.43 Å². The van der Waals surface area contributed by atoms with Crippen molar-refractivity contribution in [3.63, 3.8) is 0 Å². The van der Waals surface area contributed by atoms with E-state index in [9.17, 15) is 20.2 Å². The second-order valence-corrected chi connectivity index (χ2v) is 5.35. The highest BCUT2D eigenvalue weighted by Crippen LogP contribution is 2.35. The summed E-state index contributed by atoms with van der Waals surface area (Å²) in [7, 11) is 0. The second kappa shape index (κ2) is 6.40. The van der Waals surface area contributed by atoms with E-state index in [-0.39, 0.29) is 5.69 Å². The van der Waals surface area contributed by atoms with Crippen LogP contribution in [0, 0.1) is 27.2 Å². The number of rotatable bonds is 5. The molecule has 3 aromatic rings. The van der Waals surface area contributed by atoms with Crippen LogP contribution in [0.4, 0.5) is 17.1 Å². The number of aromatic nitrogens is 1. The number of fused-ring (bicyclic) bond motifs is 1. The third-order valence-corrected chi connectivity index (χ3v) is 3.64. The SMILES string of the molecule is Cc1cc([N+](=O)[O-])c(N/N=C/c2c[nH]c3ccccc23)c([N+](=O)[O-])c1. The molecule has 9 heteroatoms. The highest BCUT2D eigenvalue weighted by Gasteiger charge is 2.25. The first kappa shape index (κ1) is 16.1. The molecule has 0 saturated heterocycles. The number of para-hydroxylation sites is 1. The van der Waals surface area contributed by atoms with E-state index in [2.05, 4.69) is 15.5 Å². The van der Waals surface area contributed by atoms with Crippen LogP contribution in [-0.2, 0) is 0 Å². The number of H-pyrrole nitrogens is 1. The van der Waals surface area contributed by atoms with Crippen LogP contribution in [0.2, 0.25) is 0 Å². The summed E-state index contributed by atoms with van der Waals surface area (Å²) in [4.78, 5) is 24.1. The minimum absolute atomic E-state index is 0.253. The summed E-state index contributed by atoms with van der Waals surface area (Å²) in [6, 6.07) is 10.1. The minimum atomic E-state index is -0.677. The maximum absolute atomic E-state index is 11.2. The summed E-state index contributed by atoms with van der Waals surface area (Å²) in [6.45, 7) is 1.55. The van der Waals surface area contributed by atoms with Crippen LogP contribution in [0.3, 0.4) is 0 Å². The second-order valence-electron chi connectivity index (χ2n) is 5.35. The molecule has 126 valence electrons. The fourth-order valence-electron chi connectivity index (χ4n) is 2.52. The largest absolute Gasteiger partial charge is 0.361 e. The van der Waals surface area contributed by atoms with Gasteiger partial charge in [0.1, 0.15) is 0 Å². The maximum Gasteiger partial charge on any atom is 0.301 e. The molecule has 0 radical (unpaired) electrons. The van der Waals surface area contributed by atoms with Crippen LogP contribution in [0.15, 0.2) is 47.7 Å². The summed E-state index contributed by atoms with van der Waals surface area (Å²) < 4.78 is 0. The number of aryl methyl sites for hydroxylation is 1. The van der Waals surface area contributed by atoms with Gasteiger partial charge in [0, 0.05) is 34.8 Å². The van der Waals surface area contributed by atoms with Crippen LogP contribution in [0.25, 0.3) is 10.9 Å². The highest BCUT2D eigenvalue weighted by molar-refractivity contribution is 5.99. The monoisotopic (exact) mass is 339 g/mol. The van der Waals surface area contributed by atoms with E-state index in [0.717, 1.165) is 16.5 Å². The van der Waals surface area contributed by atoms with Crippen molar-refractivity contribution in [2.45, 2.75) is 6.92 Å². The number of nitro groups is 2. The lowest BCUT2D eigenvalue weighted by Crippen LogP contribution is -2.02. The molecule has 0 spiro atoms. The Kier molecular flexibility index (Phi) is 4.12. The lowest BCUT2D eigenvalue weighted by atomic mass is 10.1. The number of benzene rings is 2. The third-order valence-electron chi connectivity index (χ3n) is 3.64. The number of nitrogens with zero attached hydrogens (tertiary/aromatic N) is 3. The van der Waals surface area contributed by atoms with E-state index in [1.54, 1.807) is 13.1 Å². The number of hydrazone groups is 1. The van der Waals surface area contributed by atoms with Crippen molar-refractivity contribution in [3.05, 3.63) is 74.0 Å². The van der Waals surface area contributed by atoms with Gasteiger partial charge in [-0.25, -0.2) is 0 Å². The van der Waals surface area contributed by atoms with Crippen molar-refractivity contribution < 1.29 is 9.85 Å². The van der Waals surface area contributed by atoms with Crippen LogP contribution < -0.4 is 5.43 Å². The van der Waals surface area contributed by atoms with Crippen molar-refractivity contribution >= 4 is 34.2 Å². The van der Waals surface area contributed by atoms with Crippen LogP contribution in [0.1, 0.15) is 11.1 Å². The predicted molar refractivity (Wildman–Crippen MR) is 94.0 cm³/mol. The quantitative estimate of drug-likeness (QED) is 0.416. The molecule has 2 N–H and O–H groups in total. The molecule has 0 aliphatic heterocycles. The summed E-state index contributed by atoms with van der Waals surface area (Å²) in [6.07, 6.45) is 3.18. The predicted octanol–water partition coefficient (Wildman–Crippen LogP) is 3.74. The van der Waals surface area contributed by atoms with Gasteiger partial charge in [-0.2, -0.15) is 5.10 Å². The third kappa shape index (κ3) is 3.15. The van der Waals surface area contributed by atoms with Gasteiger partial charge in [-0.05, 0) is 18.6 Å². The zero-order chi connectivity index (χ0) is 18.0. The van der Waals surface area contributed by atoms with Gasteiger partial charge in [0.25, 0.3) is 0 Å². The molecule has 0 aliphatic carbocycles. The van der Waals surface area contributed by atoms with Crippen LogP contribution in [0.5, 0.6) is 0 Å². The lowest BCUT2D eigenvalue weighted by molar-refractivity contribution is -0.392. The Balaban J connectivity index is 1.97. The number of hydrogen-bond acceptors (Lipinski definition) is 6. The molecule has 0 aliphatic rings. The average molecular weight is 339 g/mol. The van der Waals surface area contributed by atoms with Crippen molar-refractivity contribution in [3.8, 4) is 0 Å². The molecule has 1 aromatic heterocycles. The van der Waals surface area contributed by atoms with Gasteiger partial charge in [-0.3, -0.25) is 25.7 Å². The molecular formula is C16H13N5O4. The molecule has 0 saturated carbocycles. The summed E-state index contributed by atoms with van der Waals surface area (Å²) in [5.74, 6) is 0. The number of nitro benzene ring substituents is 2. The molecular weight excluding hydrogens is 326 g/mol. The number of anilines is 1. The Morgan fingerprint density at radius 2 is 1.76 bits per heavy atom. The molecule has 0 amide bonds. The Hall–Kier alpha value is -3.75. The van der Waals surface area contributed by atoms with Gasteiger partial charge in [0.05, 0.1) is 16.1 Å². The van der Waals surface area contributed by atoms with Crippen molar-refractivity contribution in [2.24, 2.45) is 5.10 Å². The molecule has 2 aromatic carbocycles. The fraction of sp³-hybridized carbons (Fsp3) is 0.0625. The van der Waals surface area contributed by atoms with E-state index in [1.165, 1.54) is 18.3 Å². The van der Waals surface area contributed by atoms with E-state index in [4.69, 9.17) is 0 Å². The number of nitrogens with one attached hydrogen (secondary N) is 2. The standard InChI is InChI=1S/C16H13N5O4/c1-10-6-14(20(22)23)16(15(7-10)21(24)25)19-18-9-11-8-17-13-5-3-2-4-12(11)13/h2-9,17,19H,1H3/b18-9+. The Labute approximate surface area is 141 Å². The molecule has 0 fully saturated rings. The molecule has 0 atom stereocenters. The highest BCUT2D eigenvalue weighted by atomic mass is 16.6. The van der Waals surface area contributed by atoms with E-state index < -0.39 is 21.2 Å². The first-order valence-electron chi connectivity index (χ1n) is 7.26. The maximum atomic E-state index is 11.2. The first-order valence-corrected chi connectivity index (χ1v) is 7.26. The van der Waals surface area contributed by atoms with Gasteiger partial charge < -0.3 is 4.98 Å². The zero-order valence-electron chi connectivity index (χ0n) is 13.1. The summed E-state index contributed by atoms with van der Waals surface area (Å²) in [5, 5.41) is 27.3. The number of hydrogen-bond donors (Lipinski definition) is 2. The van der Waals surface area contributed by atoms with Crippen LogP contribution in [-0.4, -0.2) is 21.0 Å². The Morgan fingerprint density at radius 3 is 2.40 bits per heavy atom. The first-order chi connectivity index (χ1) is 12.0. The van der Waals surface area contributed by atoms with Gasteiger partial charge in [-0.15, -0.1) is 0 Å². The molecule has 25 heavy (non-hydrogen) atoms. The van der Waals surface area contributed by atoms with Crippen molar-refractivity contribution in [1.82, 2.24) is 4.98 Å². The molecule has 3 rings (SSSR count). The molecule has 0 unspecified atom stereocenters. The minimum Gasteiger partial charge on any atom is -0.361 e. The van der Waals surface area contributed by atoms with E-state index >= 15 is 0 Å². The fourth-order valence-corrected chi connectivity index (χ4v) is 2.52. The summed E-state index contributed by atoms with van der Waals surface area (Å²) in [5.41, 5.74) is 3.48. The van der Waals surface area contributed by atoms with Gasteiger partial charge in [0.2, 0.25) is 5.69 Å². The normalized spacial score (nSPS) is 11.1. The van der Waals surface area contributed by atoms with E-state index in [1.807, 2.05) is 24.3 Å². The molecule has 1 heterocycles. The van der Waals surface area contributed by atoms with E-state index in [0.29, 0.717) is 5.56 Å². The molecule has 9 nitrogen and oxygen atoms in total. The lowest BCUT2D eigenvalue weighted by Gasteiger charge is -2.04. The molecule has 0 bridgehead atoms. The average Bonchev–Trinajstić information content (AvgIpc) is 2.98.